The second kappa shape index (κ2) is 11.0. The Balaban J connectivity index is 1.38. The van der Waals surface area contributed by atoms with E-state index >= 15 is 0 Å². The number of benzene rings is 3. The highest BCUT2D eigenvalue weighted by molar-refractivity contribution is 6.03. The molecule has 0 aliphatic carbocycles. The molecule has 0 saturated carbocycles. The molecule has 0 spiro atoms. The van der Waals surface area contributed by atoms with Crippen molar-refractivity contribution < 1.29 is 43.9 Å². The number of carbonyl (C=O) groups excluding carboxylic acids is 1. The molecular weight excluding hydrogens is 559 g/mol. The number of nitrogens with zero attached hydrogens (tertiary/aromatic N) is 2. The highest BCUT2D eigenvalue weighted by Gasteiger charge is 2.48. The molecule has 5 atom stereocenters. The zero-order chi connectivity index (χ0) is 30.6. The zero-order valence-electron chi connectivity index (χ0n) is 23.2. The van der Waals surface area contributed by atoms with Gasteiger partial charge in [-0.1, -0.05) is 26.0 Å². The number of aliphatic carboxylic acids is 1. The van der Waals surface area contributed by atoms with Crippen LogP contribution in [-0.4, -0.2) is 73.9 Å². The van der Waals surface area contributed by atoms with E-state index in [4.69, 9.17) is 9.47 Å². The first kappa shape index (κ1) is 28.7. The molecule has 4 N–H and O–H groups in total. The third-order valence-electron chi connectivity index (χ3n) is 7.83. The second-order valence-corrected chi connectivity index (χ2v) is 11.0. The highest BCUT2D eigenvalue weighted by Crippen LogP contribution is 2.42. The van der Waals surface area contributed by atoms with Crippen LogP contribution in [0.4, 0.5) is 4.39 Å². The summed E-state index contributed by atoms with van der Waals surface area (Å²) in [6, 6.07) is 17.1. The summed E-state index contributed by atoms with van der Waals surface area (Å²) in [5.41, 5.74) is 6.66. The van der Waals surface area contributed by atoms with E-state index in [0.717, 1.165) is 44.5 Å². The van der Waals surface area contributed by atoms with Crippen molar-refractivity contribution in [2.75, 3.05) is 0 Å². The summed E-state index contributed by atoms with van der Waals surface area (Å²) in [5, 5.41) is 40.4. The average Bonchev–Trinajstić information content (AvgIpc) is 3.58. The fourth-order valence-corrected chi connectivity index (χ4v) is 5.73. The minimum Gasteiger partial charge on any atom is -0.479 e. The molecule has 0 radical (unpaired) electrons. The number of ether oxygens (including phenoxy) is 2. The van der Waals surface area contributed by atoms with Crippen LogP contribution in [0, 0.1) is 5.82 Å². The van der Waals surface area contributed by atoms with Gasteiger partial charge in [-0.05, 0) is 71.1 Å². The van der Waals surface area contributed by atoms with Gasteiger partial charge in [0.2, 0.25) is 6.29 Å². The number of hydrogen-bond acceptors (Lipinski definition) is 8. The number of carboxylic acids is 1. The molecule has 1 aromatic heterocycles. The van der Waals surface area contributed by atoms with Gasteiger partial charge >= 0.3 is 11.9 Å². The molecule has 3 aromatic carbocycles. The summed E-state index contributed by atoms with van der Waals surface area (Å²) >= 11 is 0. The van der Waals surface area contributed by atoms with Crippen LogP contribution in [0.3, 0.4) is 0 Å². The minimum absolute atomic E-state index is 0.0505. The minimum atomic E-state index is -1.90. The van der Waals surface area contributed by atoms with Crippen LogP contribution in [-0.2, 0) is 20.8 Å². The Hall–Kier alpha value is -4.42. The highest BCUT2D eigenvalue weighted by atomic mass is 19.1. The first-order valence-corrected chi connectivity index (χ1v) is 13.8. The number of carboxylic acid groups (broad SMARTS) is 1. The summed E-state index contributed by atoms with van der Waals surface area (Å²) in [5.74, 6) is -2.79. The van der Waals surface area contributed by atoms with Crippen LogP contribution >= 0.6 is 0 Å². The van der Waals surface area contributed by atoms with E-state index < -0.39 is 42.6 Å². The number of aliphatic imine (C=N–C) groups is 1. The van der Waals surface area contributed by atoms with Crippen molar-refractivity contribution in [3.05, 3.63) is 88.9 Å². The van der Waals surface area contributed by atoms with Crippen molar-refractivity contribution in [1.82, 2.24) is 4.57 Å². The SMILES string of the molecule is CC(C)c1c(-c2ccc(C(=O)OC3O[C@H](C(=O)O)[C@@H](O)[C@H](O)[C@H]3O)cc2)c2cc3c(cc2n1-c1ccc(F)cc1)C=NC3. The van der Waals surface area contributed by atoms with Gasteiger partial charge in [0.25, 0.3) is 0 Å². The van der Waals surface area contributed by atoms with E-state index in [-0.39, 0.29) is 17.3 Å². The lowest BCUT2D eigenvalue weighted by Gasteiger charge is -2.37. The van der Waals surface area contributed by atoms with Crippen LogP contribution in [0.2, 0.25) is 0 Å². The predicted molar refractivity (Wildman–Crippen MR) is 154 cm³/mol. The quantitative estimate of drug-likeness (QED) is 0.250. The van der Waals surface area contributed by atoms with Crippen molar-refractivity contribution >= 4 is 29.1 Å². The number of fused-ring (bicyclic) bond motifs is 2. The molecule has 0 amide bonds. The van der Waals surface area contributed by atoms with E-state index in [0.29, 0.717) is 6.54 Å². The van der Waals surface area contributed by atoms with E-state index in [9.17, 15) is 34.4 Å². The van der Waals surface area contributed by atoms with Crippen LogP contribution in [0.5, 0.6) is 0 Å². The van der Waals surface area contributed by atoms with E-state index in [1.165, 1.54) is 24.3 Å². The summed E-state index contributed by atoms with van der Waals surface area (Å²) in [7, 11) is 0. The summed E-state index contributed by atoms with van der Waals surface area (Å²) < 4.78 is 26.2. The van der Waals surface area contributed by atoms with Gasteiger partial charge in [0, 0.05) is 28.5 Å². The van der Waals surface area contributed by atoms with E-state index in [1.54, 1.807) is 24.3 Å². The van der Waals surface area contributed by atoms with Crippen LogP contribution in [0.1, 0.15) is 46.9 Å². The number of aliphatic hydroxyl groups is 3. The van der Waals surface area contributed by atoms with Crippen LogP contribution < -0.4 is 0 Å². The van der Waals surface area contributed by atoms with Crippen molar-refractivity contribution in [3.63, 3.8) is 0 Å². The van der Waals surface area contributed by atoms with Crippen molar-refractivity contribution in [2.24, 2.45) is 4.99 Å². The fourth-order valence-electron chi connectivity index (χ4n) is 5.73. The van der Waals surface area contributed by atoms with Gasteiger partial charge in [0.1, 0.15) is 24.1 Å². The Morgan fingerprint density at radius 2 is 1.70 bits per heavy atom. The summed E-state index contributed by atoms with van der Waals surface area (Å²) in [6.45, 7) is 4.71. The third kappa shape index (κ3) is 5.00. The molecule has 2 aliphatic heterocycles. The number of halogens is 1. The topological polar surface area (TPSA) is 151 Å². The normalized spacial score (nSPS) is 23.1. The Labute approximate surface area is 245 Å². The van der Waals surface area contributed by atoms with E-state index in [1.807, 2.05) is 6.21 Å². The lowest BCUT2D eigenvalue weighted by atomic mass is 9.95. The molecule has 0 bridgehead atoms. The maximum Gasteiger partial charge on any atom is 0.340 e. The van der Waals surface area contributed by atoms with Gasteiger partial charge in [-0.25, -0.2) is 14.0 Å². The Bertz CT molecular complexity index is 1750. The molecule has 4 aromatic rings. The smallest absolute Gasteiger partial charge is 0.340 e. The molecule has 10 nitrogen and oxygen atoms in total. The Morgan fingerprint density at radius 1 is 1.00 bits per heavy atom. The summed E-state index contributed by atoms with van der Waals surface area (Å²) in [4.78, 5) is 28.7. The van der Waals surface area contributed by atoms with Crippen LogP contribution in [0.15, 0.2) is 65.7 Å². The second-order valence-electron chi connectivity index (χ2n) is 11.0. The molecule has 1 fully saturated rings. The molecule has 1 saturated heterocycles. The first-order valence-electron chi connectivity index (χ1n) is 13.8. The molecule has 3 heterocycles. The molecule has 2 aliphatic rings. The molecule has 43 heavy (non-hydrogen) atoms. The molecule has 6 rings (SSSR count). The molecule has 222 valence electrons. The molecule has 1 unspecified atom stereocenters. The van der Waals surface area contributed by atoms with Gasteiger partial charge in [-0.3, -0.25) is 4.99 Å². The van der Waals surface area contributed by atoms with Crippen molar-refractivity contribution in [3.8, 4) is 16.8 Å². The standard InChI is InChI=1S/C32H29FN2O8/c1-15(2)25-24(22-11-18-13-34-14-19(18)12-23(22)35(25)21-9-7-20(33)8-10-21)16-3-5-17(6-4-16)31(41)43-32-28(38)26(36)27(37)29(42-32)30(39)40/h3-12,14-15,26-29,32,36-38H,13H2,1-2H3,(H,39,40)/t26-,27-,28+,29-,32?/m0/s1. The van der Waals surface area contributed by atoms with Gasteiger partial charge in [-0.2, -0.15) is 0 Å². The maximum atomic E-state index is 13.9. The Kier molecular flexibility index (Phi) is 7.35. The average molecular weight is 589 g/mol. The van der Waals surface area contributed by atoms with Gasteiger partial charge in [0.05, 0.1) is 17.6 Å². The zero-order valence-corrected chi connectivity index (χ0v) is 23.2. The van der Waals surface area contributed by atoms with Crippen LogP contribution in [0.25, 0.3) is 27.7 Å². The van der Waals surface area contributed by atoms with E-state index in [2.05, 4.69) is 35.5 Å². The number of hydrogen-bond donors (Lipinski definition) is 4. The predicted octanol–water partition coefficient (Wildman–Crippen LogP) is 3.54. The number of carbonyl (C=O) groups is 2. The van der Waals surface area contributed by atoms with Crippen molar-refractivity contribution in [1.29, 1.82) is 0 Å². The van der Waals surface area contributed by atoms with Gasteiger partial charge in [0.15, 0.2) is 6.10 Å². The maximum absolute atomic E-state index is 13.9. The van der Waals surface area contributed by atoms with Gasteiger partial charge in [-0.15, -0.1) is 0 Å². The monoisotopic (exact) mass is 588 g/mol. The summed E-state index contributed by atoms with van der Waals surface area (Å²) in [6.07, 6.45) is -7.50. The molecular formula is C32H29FN2O8. The Morgan fingerprint density at radius 3 is 2.35 bits per heavy atom. The molecule has 11 heteroatoms. The lowest BCUT2D eigenvalue weighted by Crippen LogP contribution is -2.60. The third-order valence-corrected chi connectivity index (χ3v) is 7.83. The number of rotatable bonds is 6. The number of aromatic nitrogens is 1. The lowest BCUT2D eigenvalue weighted by molar-refractivity contribution is -0.278. The fraction of sp³-hybridized carbons (Fsp3) is 0.281. The number of esters is 1. The van der Waals surface area contributed by atoms with Gasteiger partial charge < -0.3 is 34.5 Å². The first-order chi connectivity index (χ1) is 20.5. The van der Waals surface area contributed by atoms with Crippen molar-refractivity contribution in [2.45, 2.75) is 57.0 Å². The number of aliphatic hydroxyl groups excluding tert-OH is 3. The largest absolute Gasteiger partial charge is 0.479 e.